The molecule has 96 valence electrons. The Hall–Kier alpha value is -1.26. The third-order valence-corrected chi connectivity index (χ3v) is 2.78. The van der Waals surface area contributed by atoms with Crippen molar-refractivity contribution in [3.8, 4) is 5.75 Å². The molecule has 0 amide bonds. The quantitative estimate of drug-likeness (QED) is 0.733. The van der Waals surface area contributed by atoms with Gasteiger partial charge in [0.15, 0.2) is 0 Å². The van der Waals surface area contributed by atoms with Crippen molar-refractivity contribution < 1.29 is 9.47 Å². The molecule has 0 aromatic heterocycles. The van der Waals surface area contributed by atoms with E-state index in [0.29, 0.717) is 18.3 Å². The molecule has 1 aromatic rings. The third-order valence-electron chi connectivity index (χ3n) is 2.78. The average molecular weight is 238 g/mol. The Bertz CT molecular complexity index is 331. The zero-order chi connectivity index (χ0) is 12.7. The monoisotopic (exact) mass is 238 g/mol. The molecule has 0 saturated heterocycles. The maximum absolute atomic E-state index is 5.79. The summed E-state index contributed by atoms with van der Waals surface area (Å²) >= 11 is 0. The molecule has 0 saturated carbocycles. The maximum Gasteiger partial charge on any atom is 0.142 e. The number of hydrogen-bond donors (Lipinski definition) is 1. The average Bonchev–Trinajstić information content (AvgIpc) is 2.31. The highest BCUT2D eigenvalue weighted by molar-refractivity contribution is 5.51. The Morgan fingerprint density at radius 1 is 1.35 bits per heavy atom. The van der Waals surface area contributed by atoms with E-state index in [-0.39, 0.29) is 0 Å². The van der Waals surface area contributed by atoms with Gasteiger partial charge in [0.1, 0.15) is 12.4 Å². The van der Waals surface area contributed by atoms with Crippen molar-refractivity contribution in [1.82, 2.24) is 4.90 Å². The summed E-state index contributed by atoms with van der Waals surface area (Å²) in [4.78, 5) is 2.20. The zero-order valence-corrected chi connectivity index (χ0v) is 10.8. The standard InChI is InChI=1S/C13H22N2O2/c1-11(10-16-3)15(2)8-9-17-13-7-5-4-6-12(13)14/h4-7,11H,8-10,14H2,1-3H3. The molecule has 0 fully saturated rings. The highest BCUT2D eigenvalue weighted by atomic mass is 16.5. The van der Waals surface area contributed by atoms with Crippen molar-refractivity contribution in [2.75, 3.05) is 39.6 Å². The summed E-state index contributed by atoms with van der Waals surface area (Å²) < 4.78 is 10.7. The van der Waals surface area contributed by atoms with E-state index in [1.54, 1.807) is 7.11 Å². The van der Waals surface area contributed by atoms with Crippen molar-refractivity contribution in [3.05, 3.63) is 24.3 Å². The first-order valence-electron chi connectivity index (χ1n) is 5.81. The topological polar surface area (TPSA) is 47.7 Å². The normalized spacial score (nSPS) is 12.7. The molecule has 17 heavy (non-hydrogen) atoms. The van der Waals surface area contributed by atoms with E-state index >= 15 is 0 Å². The molecule has 4 heteroatoms. The minimum atomic E-state index is 0.386. The van der Waals surface area contributed by atoms with Gasteiger partial charge in [-0.2, -0.15) is 0 Å². The number of likely N-dealkylation sites (N-methyl/N-ethyl adjacent to an activating group) is 1. The van der Waals surface area contributed by atoms with E-state index < -0.39 is 0 Å². The van der Waals surface area contributed by atoms with E-state index in [0.717, 1.165) is 18.9 Å². The number of ether oxygens (including phenoxy) is 2. The molecule has 1 aromatic carbocycles. The Labute approximate surface area is 103 Å². The van der Waals surface area contributed by atoms with Gasteiger partial charge >= 0.3 is 0 Å². The summed E-state index contributed by atoms with van der Waals surface area (Å²) in [6.45, 7) is 4.32. The fourth-order valence-corrected chi connectivity index (χ4v) is 1.50. The van der Waals surface area contributed by atoms with Gasteiger partial charge in [-0.15, -0.1) is 0 Å². The number of methoxy groups -OCH3 is 1. The zero-order valence-electron chi connectivity index (χ0n) is 10.8. The van der Waals surface area contributed by atoms with Crippen LogP contribution in [0.5, 0.6) is 5.75 Å². The molecular weight excluding hydrogens is 216 g/mol. The van der Waals surface area contributed by atoms with Crippen LogP contribution in [0.4, 0.5) is 5.69 Å². The second-order valence-corrected chi connectivity index (χ2v) is 4.17. The molecule has 4 nitrogen and oxygen atoms in total. The molecule has 0 aliphatic rings. The van der Waals surface area contributed by atoms with Gasteiger partial charge in [-0.1, -0.05) is 12.1 Å². The molecule has 1 unspecified atom stereocenters. The SMILES string of the molecule is COCC(C)N(C)CCOc1ccccc1N. The van der Waals surface area contributed by atoms with E-state index in [2.05, 4.69) is 18.9 Å². The van der Waals surface area contributed by atoms with Crippen molar-refractivity contribution in [3.63, 3.8) is 0 Å². The van der Waals surface area contributed by atoms with Crippen molar-refractivity contribution >= 4 is 5.69 Å². The lowest BCUT2D eigenvalue weighted by molar-refractivity contribution is 0.105. The van der Waals surface area contributed by atoms with Crippen molar-refractivity contribution in [2.24, 2.45) is 0 Å². The van der Waals surface area contributed by atoms with Crippen LogP contribution in [0.25, 0.3) is 0 Å². The van der Waals surface area contributed by atoms with Crippen LogP contribution < -0.4 is 10.5 Å². The summed E-state index contributed by atoms with van der Waals surface area (Å²) in [7, 11) is 3.77. The Kier molecular flexibility index (Phi) is 5.80. The summed E-state index contributed by atoms with van der Waals surface area (Å²) in [5.41, 5.74) is 6.47. The lowest BCUT2D eigenvalue weighted by Crippen LogP contribution is -2.35. The molecule has 0 radical (unpaired) electrons. The van der Waals surface area contributed by atoms with E-state index in [9.17, 15) is 0 Å². The Balaban J connectivity index is 2.30. The highest BCUT2D eigenvalue weighted by Gasteiger charge is 2.08. The van der Waals surface area contributed by atoms with Crippen LogP contribution in [0.1, 0.15) is 6.92 Å². The second-order valence-electron chi connectivity index (χ2n) is 4.17. The summed E-state index contributed by atoms with van der Waals surface area (Å²) in [5.74, 6) is 0.750. The minimum Gasteiger partial charge on any atom is -0.490 e. The van der Waals surface area contributed by atoms with Gasteiger partial charge in [0.05, 0.1) is 12.3 Å². The lowest BCUT2D eigenvalue weighted by Gasteiger charge is -2.23. The van der Waals surface area contributed by atoms with Crippen LogP contribution in [-0.2, 0) is 4.74 Å². The second kappa shape index (κ2) is 7.14. The number of rotatable bonds is 7. The summed E-state index contributed by atoms with van der Waals surface area (Å²) in [5, 5.41) is 0. The van der Waals surface area contributed by atoms with Gasteiger partial charge in [-0.3, -0.25) is 4.90 Å². The van der Waals surface area contributed by atoms with Gasteiger partial charge in [0.2, 0.25) is 0 Å². The smallest absolute Gasteiger partial charge is 0.142 e. The number of hydrogen-bond acceptors (Lipinski definition) is 4. The molecule has 0 spiro atoms. The molecule has 0 bridgehead atoms. The van der Waals surface area contributed by atoms with Gasteiger partial charge in [-0.25, -0.2) is 0 Å². The number of nitrogen functional groups attached to an aromatic ring is 1. The fraction of sp³-hybridized carbons (Fsp3) is 0.538. The van der Waals surface area contributed by atoms with Crippen LogP contribution in [0, 0.1) is 0 Å². The fourth-order valence-electron chi connectivity index (χ4n) is 1.50. The molecular formula is C13H22N2O2. The predicted octanol–water partition coefficient (Wildman–Crippen LogP) is 1.61. The first kappa shape index (κ1) is 13.8. The van der Waals surface area contributed by atoms with Gasteiger partial charge < -0.3 is 15.2 Å². The van der Waals surface area contributed by atoms with Crippen LogP contribution in [0.2, 0.25) is 0 Å². The minimum absolute atomic E-state index is 0.386. The van der Waals surface area contributed by atoms with Crippen LogP contribution in [-0.4, -0.2) is 44.9 Å². The first-order chi connectivity index (χ1) is 8.15. The lowest BCUT2D eigenvalue weighted by atomic mass is 10.3. The first-order valence-corrected chi connectivity index (χ1v) is 5.81. The summed E-state index contributed by atoms with van der Waals surface area (Å²) in [6.07, 6.45) is 0. The van der Waals surface area contributed by atoms with E-state index in [4.69, 9.17) is 15.2 Å². The summed E-state index contributed by atoms with van der Waals surface area (Å²) in [6, 6.07) is 7.93. The van der Waals surface area contributed by atoms with E-state index in [1.807, 2.05) is 24.3 Å². The largest absolute Gasteiger partial charge is 0.490 e. The Morgan fingerprint density at radius 2 is 2.06 bits per heavy atom. The number of anilines is 1. The molecule has 0 aliphatic heterocycles. The van der Waals surface area contributed by atoms with Crippen molar-refractivity contribution in [1.29, 1.82) is 0 Å². The number of nitrogens with two attached hydrogens (primary N) is 1. The van der Waals surface area contributed by atoms with Crippen LogP contribution in [0.3, 0.4) is 0 Å². The molecule has 1 atom stereocenters. The highest BCUT2D eigenvalue weighted by Crippen LogP contribution is 2.19. The van der Waals surface area contributed by atoms with E-state index in [1.165, 1.54) is 0 Å². The van der Waals surface area contributed by atoms with Crippen LogP contribution in [0.15, 0.2) is 24.3 Å². The number of nitrogens with zero attached hydrogens (tertiary/aromatic N) is 1. The number of para-hydroxylation sites is 2. The van der Waals surface area contributed by atoms with Crippen molar-refractivity contribution in [2.45, 2.75) is 13.0 Å². The molecule has 0 heterocycles. The van der Waals surface area contributed by atoms with Gasteiger partial charge in [0, 0.05) is 19.7 Å². The maximum atomic E-state index is 5.79. The molecule has 2 N–H and O–H groups in total. The van der Waals surface area contributed by atoms with Gasteiger partial charge in [0.25, 0.3) is 0 Å². The molecule has 1 rings (SSSR count). The molecule has 0 aliphatic carbocycles. The Morgan fingerprint density at radius 3 is 2.71 bits per heavy atom. The van der Waals surface area contributed by atoms with Gasteiger partial charge in [-0.05, 0) is 26.1 Å². The number of benzene rings is 1. The predicted molar refractivity (Wildman–Crippen MR) is 70.3 cm³/mol. The van der Waals surface area contributed by atoms with Crippen LogP contribution >= 0.6 is 0 Å². The third kappa shape index (κ3) is 4.63.